The van der Waals surface area contributed by atoms with Gasteiger partial charge in [-0.2, -0.15) is 0 Å². The van der Waals surface area contributed by atoms with E-state index in [-0.39, 0.29) is 10.5 Å². The summed E-state index contributed by atoms with van der Waals surface area (Å²) < 4.78 is 31.7. The lowest BCUT2D eigenvalue weighted by Gasteiger charge is -2.13. The highest BCUT2D eigenvalue weighted by molar-refractivity contribution is 7.89. The third kappa shape index (κ3) is 4.42. The van der Waals surface area contributed by atoms with Crippen LogP contribution in [0.25, 0.3) is 0 Å². The Balaban J connectivity index is 2.00. The highest BCUT2D eigenvalue weighted by Gasteiger charge is 2.16. The summed E-state index contributed by atoms with van der Waals surface area (Å²) in [7, 11) is -2.35. The van der Waals surface area contributed by atoms with Gasteiger partial charge in [0.15, 0.2) is 0 Å². The Morgan fingerprint density at radius 3 is 2.82 bits per heavy atom. The average Bonchev–Trinajstić information content (AvgIpc) is 2.55. The van der Waals surface area contributed by atoms with Crippen molar-refractivity contribution in [2.24, 2.45) is 0 Å². The first kappa shape index (κ1) is 16.7. The van der Waals surface area contributed by atoms with Crippen LogP contribution < -0.4 is 4.72 Å². The summed E-state index contributed by atoms with van der Waals surface area (Å²) in [6.45, 7) is 0.372. The molecule has 1 aromatic carbocycles. The molecule has 120 valence electrons. The first-order chi connectivity index (χ1) is 10.5. The third-order valence-corrected chi connectivity index (χ3v) is 5.15. The summed E-state index contributed by atoms with van der Waals surface area (Å²) in [6.07, 6.45) is 7.48. The maximum atomic E-state index is 12.3. The number of esters is 1. The van der Waals surface area contributed by atoms with E-state index < -0.39 is 16.0 Å². The molecule has 1 aliphatic rings. The van der Waals surface area contributed by atoms with Crippen molar-refractivity contribution < 1.29 is 17.9 Å². The van der Waals surface area contributed by atoms with Crippen LogP contribution in [0.4, 0.5) is 0 Å². The normalized spacial score (nSPS) is 15.2. The van der Waals surface area contributed by atoms with Gasteiger partial charge in [0.25, 0.3) is 0 Å². The minimum Gasteiger partial charge on any atom is -0.465 e. The molecule has 0 fully saturated rings. The lowest BCUT2D eigenvalue weighted by Crippen LogP contribution is -2.25. The SMILES string of the molecule is COC(=O)c1cccc(S(=O)(=O)NCCC2=CCCCC2)c1. The van der Waals surface area contributed by atoms with E-state index in [0.717, 1.165) is 19.3 Å². The zero-order valence-electron chi connectivity index (χ0n) is 12.7. The number of allylic oxidation sites excluding steroid dienone is 1. The van der Waals surface area contributed by atoms with Gasteiger partial charge in [-0.25, -0.2) is 17.9 Å². The standard InChI is InChI=1S/C16H21NO4S/c1-21-16(18)14-8-5-9-15(12-14)22(19,20)17-11-10-13-6-3-2-4-7-13/h5-6,8-9,12,17H,2-4,7,10-11H2,1H3. The van der Waals surface area contributed by atoms with Crippen molar-refractivity contribution in [2.45, 2.75) is 37.0 Å². The molecule has 0 aromatic heterocycles. The number of hydrogen-bond donors (Lipinski definition) is 1. The van der Waals surface area contributed by atoms with Crippen LogP contribution in [0.2, 0.25) is 0 Å². The Hall–Kier alpha value is -1.66. The molecule has 0 atom stereocenters. The van der Waals surface area contributed by atoms with Crippen LogP contribution >= 0.6 is 0 Å². The van der Waals surface area contributed by atoms with E-state index in [1.807, 2.05) is 0 Å². The Morgan fingerprint density at radius 2 is 2.14 bits per heavy atom. The molecule has 0 aliphatic heterocycles. The van der Waals surface area contributed by atoms with E-state index in [1.54, 1.807) is 0 Å². The summed E-state index contributed by atoms with van der Waals surface area (Å²) in [5.41, 5.74) is 1.54. The molecule has 6 heteroatoms. The number of nitrogens with one attached hydrogen (secondary N) is 1. The first-order valence-electron chi connectivity index (χ1n) is 7.39. The van der Waals surface area contributed by atoms with Crippen LogP contribution in [0.3, 0.4) is 0 Å². The molecular formula is C16H21NO4S. The summed E-state index contributed by atoms with van der Waals surface area (Å²) >= 11 is 0. The molecule has 1 aliphatic carbocycles. The van der Waals surface area contributed by atoms with Crippen molar-refractivity contribution in [3.63, 3.8) is 0 Å². The van der Waals surface area contributed by atoms with E-state index in [1.165, 1.54) is 49.8 Å². The number of rotatable bonds is 6. The number of carbonyl (C=O) groups is 1. The third-order valence-electron chi connectivity index (χ3n) is 3.69. The summed E-state index contributed by atoms with van der Waals surface area (Å²) in [5, 5.41) is 0. The van der Waals surface area contributed by atoms with Gasteiger partial charge in [-0.15, -0.1) is 0 Å². The quantitative estimate of drug-likeness (QED) is 0.645. The second-order valence-electron chi connectivity index (χ2n) is 5.28. The highest BCUT2D eigenvalue weighted by atomic mass is 32.2. The molecule has 0 radical (unpaired) electrons. The van der Waals surface area contributed by atoms with Crippen molar-refractivity contribution >= 4 is 16.0 Å². The maximum absolute atomic E-state index is 12.3. The van der Waals surface area contributed by atoms with Gasteiger partial charge in [-0.05, 0) is 50.3 Å². The number of benzene rings is 1. The summed E-state index contributed by atoms with van der Waals surface area (Å²) in [5.74, 6) is -0.551. The number of hydrogen-bond acceptors (Lipinski definition) is 4. The number of carbonyl (C=O) groups excluding carboxylic acids is 1. The fourth-order valence-corrected chi connectivity index (χ4v) is 3.55. The smallest absolute Gasteiger partial charge is 0.337 e. The Labute approximate surface area is 131 Å². The summed E-state index contributed by atoms with van der Waals surface area (Å²) in [4.78, 5) is 11.5. The zero-order chi connectivity index (χ0) is 16.0. The lowest BCUT2D eigenvalue weighted by molar-refractivity contribution is 0.0600. The molecule has 0 bridgehead atoms. The predicted octanol–water partition coefficient (Wildman–Crippen LogP) is 2.64. The van der Waals surface area contributed by atoms with Crippen molar-refractivity contribution in [3.8, 4) is 0 Å². The van der Waals surface area contributed by atoms with Crippen LogP contribution in [-0.4, -0.2) is 28.0 Å². The molecule has 1 N–H and O–H groups in total. The number of methoxy groups -OCH3 is 1. The van der Waals surface area contributed by atoms with Crippen molar-refractivity contribution in [1.29, 1.82) is 0 Å². The summed E-state index contributed by atoms with van der Waals surface area (Å²) in [6, 6.07) is 5.85. The topological polar surface area (TPSA) is 72.5 Å². The van der Waals surface area contributed by atoms with Crippen LogP contribution in [0.15, 0.2) is 40.8 Å². The molecule has 0 unspecified atom stereocenters. The van der Waals surface area contributed by atoms with Gasteiger partial charge in [0.1, 0.15) is 0 Å². The molecular weight excluding hydrogens is 302 g/mol. The fourth-order valence-electron chi connectivity index (χ4n) is 2.47. The molecule has 22 heavy (non-hydrogen) atoms. The molecule has 0 saturated carbocycles. The van der Waals surface area contributed by atoms with E-state index in [9.17, 15) is 13.2 Å². The Kier molecular flexibility index (Phi) is 5.74. The van der Waals surface area contributed by atoms with Crippen molar-refractivity contribution in [3.05, 3.63) is 41.5 Å². The van der Waals surface area contributed by atoms with Crippen LogP contribution in [-0.2, 0) is 14.8 Å². The van der Waals surface area contributed by atoms with Gasteiger partial charge in [0, 0.05) is 6.54 Å². The Bertz CT molecular complexity index is 664. The Morgan fingerprint density at radius 1 is 1.32 bits per heavy atom. The monoisotopic (exact) mass is 323 g/mol. The molecule has 2 rings (SSSR count). The molecule has 0 saturated heterocycles. The van der Waals surface area contributed by atoms with E-state index in [2.05, 4.69) is 15.5 Å². The second-order valence-corrected chi connectivity index (χ2v) is 7.04. The van der Waals surface area contributed by atoms with Gasteiger partial charge in [-0.3, -0.25) is 0 Å². The zero-order valence-corrected chi connectivity index (χ0v) is 13.5. The van der Waals surface area contributed by atoms with Gasteiger partial charge in [-0.1, -0.05) is 17.7 Å². The van der Waals surface area contributed by atoms with Crippen molar-refractivity contribution in [1.82, 2.24) is 4.72 Å². The molecule has 0 spiro atoms. The van der Waals surface area contributed by atoms with E-state index in [0.29, 0.717) is 6.54 Å². The number of ether oxygens (including phenoxy) is 1. The van der Waals surface area contributed by atoms with Crippen LogP contribution in [0.1, 0.15) is 42.5 Å². The molecule has 0 heterocycles. The first-order valence-corrected chi connectivity index (χ1v) is 8.87. The lowest BCUT2D eigenvalue weighted by atomic mass is 9.97. The van der Waals surface area contributed by atoms with E-state index in [4.69, 9.17) is 0 Å². The largest absolute Gasteiger partial charge is 0.465 e. The number of sulfonamides is 1. The van der Waals surface area contributed by atoms with E-state index >= 15 is 0 Å². The molecule has 0 amide bonds. The average molecular weight is 323 g/mol. The highest BCUT2D eigenvalue weighted by Crippen LogP contribution is 2.20. The van der Waals surface area contributed by atoms with Crippen LogP contribution in [0.5, 0.6) is 0 Å². The molecule has 1 aromatic rings. The second kappa shape index (κ2) is 7.56. The van der Waals surface area contributed by atoms with Crippen LogP contribution in [0, 0.1) is 0 Å². The van der Waals surface area contributed by atoms with Gasteiger partial charge >= 0.3 is 5.97 Å². The fraction of sp³-hybridized carbons (Fsp3) is 0.438. The van der Waals surface area contributed by atoms with Gasteiger partial charge in [0.2, 0.25) is 10.0 Å². The maximum Gasteiger partial charge on any atom is 0.337 e. The predicted molar refractivity (Wildman–Crippen MR) is 84.1 cm³/mol. The van der Waals surface area contributed by atoms with Gasteiger partial charge in [0.05, 0.1) is 17.6 Å². The van der Waals surface area contributed by atoms with Crippen molar-refractivity contribution in [2.75, 3.05) is 13.7 Å². The molecule has 5 nitrogen and oxygen atoms in total. The minimum absolute atomic E-state index is 0.0769. The van der Waals surface area contributed by atoms with Gasteiger partial charge < -0.3 is 4.74 Å². The minimum atomic E-state index is -3.61.